The number of nitrogens with one attached hydrogen (secondary N) is 2. The van der Waals surface area contributed by atoms with Crippen LogP contribution in [0.5, 0.6) is 11.5 Å². The number of unbranched alkanes of at least 4 members (excludes halogenated alkanes) is 3. The third-order valence-electron chi connectivity index (χ3n) is 6.17. The van der Waals surface area contributed by atoms with Gasteiger partial charge in [0.1, 0.15) is 11.5 Å². The molecule has 190 valence electrons. The van der Waals surface area contributed by atoms with Crippen molar-refractivity contribution in [1.29, 1.82) is 0 Å². The Morgan fingerprint density at radius 3 is 2.06 bits per heavy atom. The zero-order valence-corrected chi connectivity index (χ0v) is 22.1. The zero-order valence-electron chi connectivity index (χ0n) is 22.1. The van der Waals surface area contributed by atoms with Crippen LogP contribution < -0.4 is 20.1 Å². The van der Waals surface area contributed by atoms with Crippen molar-refractivity contribution in [2.24, 2.45) is 0 Å². The largest absolute Gasteiger partial charge is 0.494 e. The molecule has 0 saturated heterocycles. The predicted octanol–water partition coefficient (Wildman–Crippen LogP) is 7.26. The molecule has 2 aromatic carbocycles. The first-order valence-electron chi connectivity index (χ1n) is 13.5. The SMILES string of the molecule is CCCCNCCCCNC(CC)c1ccc(OCCCCOc2cccc(C(C)C)c2)cc1. The van der Waals surface area contributed by atoms with Crippen LogP contribution in [0, 0.1) is 0 Å². The fraction of sp³-hybridized carbons (Fsp3) is 0.600. The van der Waals surface area contributed by atoms with Gasteiger partial charge >= 0.3 is 0 Å². The minimum atomic E-state index is 0.411. The molecule has 2 aromatic rings. The molecule has 1 unspecified atom stereocenters. The normalized spacial score (nSPS) is 12.1. The molecule has 0 saturated carbocycles. The van der Waals surface area contributed by atoms with Crippen LogP contribution in [0.15, 0.2) is 48.5 Å². The van der Waals surface area contributed by atoms with E-state index >= 15 is 0 Å². The van der Waals surface area contributed by atoms with Crippen LogP contribution in [-0.4, -0.2) is 32.8 Å². The van der Waals surface area contributed by atoms with Crippen molar-refractivity contribution in [3.8, 4) is 11.5 Å². The van der Waals surface area contributed by atoms with Crippen LogP contribution in [0.25, 0.3) is 0 Å². The quantitative estimate of drug-likeness (QED) is 0.213. The molecule has 0 bridgehead atoms. The van der Waals surface area contributed by atoms with Crippen molar-refractivity contribution in [3.05, 3.63) is 59.7 Å². The Morgan fingerprint density at radius 1 is 0.706 bits per heavy atom. The highest BCUT2D eigenvalue weighted by Gasteiger charge is 2.08. The van der Waals surface area contributed by atoms with Gasteiger partial charge < -0.3 is 20.1 Å². The molecule has 0 amide bonds. The van der Waals surface area contributed by atoms with Gasteiger partial charge in [0, 0.05) is 6.04 Å². The van der Waals surface area contributed by atoms with Gasteiger partial charge in [-0.2, -0.15) is 0 Å². The van der Waals surface area contributed by atoms with E-state index in [1.165, 1.54) is 36.8 Å². The predicted molar refractivity (Wildman–Crippen MR) is 145 cm³/mol. The van der Waals surface area contributed by atoms with E-state index in [1.807, 2.05) is 6.07 Å². The first-order chi connectivity index (χ1) is 16.6. The summed E-state index contributed by atoms with van der Waals surface area (Å²) in [4.78, 5) is 0. The maximum Gasteiger partial charge on any atom is 0.119 e. The van der Waals surface area contributed by atoms with E-state index in [0.29, 0.717) is 12.0 Å². The third-order valence-corrected chi connectivity index (χ3v) is 6.17. The maximum atomic E-state index is 5.95. The Morgan fingerprint density at radius 2 is 1.38 bits per heavy atom. The summed E-state index contributed by atoms with van der Waals surface area (Å²) in [6.45, 7) is 13.7. The summed E-state index contributed by atoms with van der Waals surface area (Å²) in [5, 5.41) is 7.23. The number of ether oxygens (including phenoxy) is 2. The van der Waals surface area contributed by atoms with E-state index in [1.54, 1.807) is 0 Å². The lowest BCUT2D eigenvalue weighted by molar-refractivity contribution is 0.266. The summed E-state index contributed by atoms with van der Waals surface area (Å²) in [5.41, 5.74) is 2.66. The van der Waals surface area contributed by atoms with Gasteiger partial charge in [0.2, 0.25) is 0 Å². The molecule has 0 fully saturated rings. The summed E-state index contributed by atoms with van der Waals surface area (Å²) in [5.74, 6) is 2.43. The molecule has 1 atom stereocenters. The minimum Gasteiger partial charge on any atom is -0.494 e. The van der Waals surface area contributed by atoms with Gasteiger partial charge in [0.15, 0.2) is 0 Å². The molecular weight excluding hydrogens is 420 g/mol. The lowest BCUT2D eigenvalue weighted by Gasteiger charge is -2.18. The highest BCUT2D eigenvalue weighted by molar-refractivity contribution is 5.30. The van der Waals surface area contributed by atoms with E-state index < -0.39 is 0 Å². The van der Waals surface area contributed by atoms with Gasteiger partial charge in [-0.05, 0) is 99.5 Å². The number of hydrogen-bond donors (Lipinski definition) is 2. The molecule has 0 aliphatic heterocycles. The molecule has 0 aliphatic carbocycles. The van der Waals surface area contributed by atoms with Crippen LogP contribution in [-0.2, 0) is 0 Å². The molecule has 2 rings (SSSR count). The molecule has 0 aromatic heterocycles. The Labute approximate surface area is 208 Å². The van der Waals surface area contributed by atoms with Crippen molar-refractivity contribution in [3.63, 3.8) is 0 Å². The molecule has 2 N–H and O–H groups in total. The van der Waals surface area contributed by atoms with Crippen molar-refractivity contribution in [2.45, 2.75) is 84.6 Å². The molecule has 0 radical (unpaired) electrons. The molecule has 4 heteroatoms. The van der Waals surface area contributed by atoms with Gasteiger partial charge in [-0.25, -0.2) is 0 Å². The minimum absolute atomic E-state index is 0.411. The molecular formula is C30H48N2O2. The summed E-state index contributed by atoms with van der Waals surface area (Å²) < 4.78 is 11.9. The molecule has 0 heterocycles. The molecule has 34 heavy (non-hydrogen) atoms. The topological polar surface area (TPSA) is 42.5 Å². The number of rotatable bonds is 19. The summed E-state index contributed by atoms with van der Waals surface area (Å²) in [7, 11) is 0. The van der Waals surface area contributed by atoms with Gasteiger partial charge in [-0.15, -0.1) is 0 Å². The zero-order chi connectivity index (χ0) is 24.4. The summed E-state index contributed by atoms with van der Waals surface area (Å²) in [6, 6.07) is 17.4. The van der Waals surface area contributed by atoms with Crippen molar-refractivity contribution in [2.75, 3.05) is 32.8 Å². The lowest BCUT2D eigenvalue weighted by atomic mass is 10.0. The van der Waals surface area contributed by atoms with Crippen LogP contribution in [0.1, 0.15) is 95.7 Å². The molecule has 0 spiro atoms. The summed E-state index contributed by atoms with van der Waals surface area (Å²) >= 11 is 0. The monoisotopic (exact) mass is 468 g/mol. The average Bonchev–Trinajstić information content (AvgIpc) is 2.86. The van der Waals surface area contributed by atoms with E-state index in [2.05, 4.69) is 80.8 Å². The van der Waals surface area contributed by atoms with Crippen LogP contribution in [0.3, 0.4) is 0 Å². The Kier molecular flexibility index (Phi) is 14.4. The smallest absolute Gasteiger partial charge is 0.119 e. The van der Waals surface area contributed by atoms with E-state index in [9.17, 15) is 0 Å². The first-order valence-corrected chi connectivity index (χ1v) is 13.5. The molecule has 4 nitrogen and oxygen atoms in total. The lowest BCUT2D eigenvalue weighted by Crippen LogP contribution is -2.23. The van der Waals surface area contributed by atoms with Gasteiger partial charge in [-0.1, -0.05) is 58.4 Å². The highest BCUT2D eigenvalue weighted by Crippen LogP contribution is 2.21. The number of benzene rings is 2. The second-order valence-corrected chi connectivity index (χ2v) is 9.43. The Bertz CT molecular complexity index is 761. The van der Waals surface area contributed by atoms with E-state index in [-0.39, 0.29) is 0 Å². The Hall–Kier alpha value is -2.04. The van der Waals surface area contributed by atoms with Crippen molar-refractivity contribution >= 4 is 0 Å². The van der Waals surface area contributed by atoms with Gasteiger partial charge in [0.05, 0.1) is 13.2 Å². The first kappa shape index (κ1) is 28.2. The van der Waals surface area contributed by atoms with Gasteiger partial charge in [-0.3, -0.25) is 0 Å². The van der Waals surface area contributed by atoms with Crippen molar-refractivity contribution < 1.29 is 9.47 Å². The highest BCUT2D eigenvalue weighted by atomic mass is 16.5. The standard InChI is InChI=1S/C30H48N2O2/c1-5-7-19-31-20-8-9-21-32-30(6-2)26-15-17-28(18-16-26)33-22-10-11-23-34-29-14-12-13-27(24-29)25(3)4/h12-18,24-25,30-32H,5-11,19-23H2,1-4H3. The second-order valence-electron chi connectivity index (χ2n) is 9.43. The van der Waals surface area contributed by atoms with Gasteiger partial charge in [0.25, 0.3) is 0 Å². The summed E-state index contributed by atoms with van der Waals surface area (Å²) in [6.07, 6.45) is 8.05. The second kappa shape index (κ2) is 17.4. The Balaban J connectivity index is 1.59. The van der Waals surface area contributed by atoms with E-state index in [4.69, 9.17) is 9.47 Å². The fourth-order valence-electron chi connectivity index (χ4n) is 3.92. The third kappa shape index (κ3) is 11.4. The van der Waals surface area contributed by atoms with E-state index in [0.717, 1.165) is 63.6 Å². The average molecular weight is 469 g/mol. The van der Waals surface area contributed by atoms with Crippen LogP contribution in [0.2, 0.25) is 0 Å². The van der Waals surface area contributed by atoms with Crippen LogP contribution in [0.4, 0.5) is 0 Å². The fourth-order valence-corrected chi connectivity index (χ4v) is 3.92. The van der Waals surface area contributed by atoms with Crippen LogP contribution >= 0.6 is 0 Å². The molecule has 0 aliphatic rings. The maximum absolute atomic E-state index is 5.95. The van der Waals surface area contributed by atoms with Crippen molar-refractivity contribution in [1.82, 2.24) is 10.6 Å². The number of hydrogen-bond acceptors (Lipinski definition) is 4.